The molecule has 3 rings (SSSR count). The van der Waals surface area contributed by atoms with Gasteiger partial charge < -0.3 is 35.6 Å². The molecule has 2 aromatic rings. The third-order valence-corrected chi connectivity index (χ3v) is 3.93. The molecule has 132 valence electrons. The van der Waals surface area contributed by atoms with Crippen molar-refractivity contribution in [1.29, 1.82) is 0 Å². The molecule has 1 aliphatic rings. The Labute approximate surface area is 136 Å². The summed E-state index contributed by atoms with van der Waals surface area (Å²) in [5, 5.41) is 50.3. The van der Waals surface area contributed by atoms with Gasteiger partial charge in [0, 0.05) is 0 Å². The van der Waals surface area contributed by atoms with E-state index < -0.39 is 37.2 Å². The van der Waals surface area contributed by atoms with E-state index in [9.17, 15) is 15.3 Å². The summed E-state index contributed by atoms with van der Waals surface area (Å²) >= 11 is 0. The fraction of sp³-hybridized carbons (Fsp3) is 0.615. The summed E-state index contributed by atoms with van der Waals surface area (Å²) < 4.78 is 6.89. The lowest BCUT2D eigenvalue weighted by Gasteiger charge is -2.17. The van der Waals surface area contributed by atoms with Crippen molar-refractivity contribution in [2.45, 2.75) is 30.6 Å². The van der Waals surface area contributed by atoms with Gasteiger partial charge in [-0.25, -0.2) is 15.0 Å². The van der Waals surface area contributed by atoms with Crippen LogP contribution < -0.4 is 5.32 Å². The molecule has 0 saturated carbocycles. The van der Waals surface area contributed by atoms with Crippen LogP contribution in [0.15, 0.2) is 12.7 Å². The highest BCUT2D eigenvalue weighted by Crippen LogP contribution is 2.32. The molecule has 1 fully saturated rings. The zero-order chi connectivity index (χ0) is 17.3. The van der Waals surface area contributed by atoms with E-state index in [0.717, 1.165) is 0 Å². The molecule has 24 heavy (non-hydrogen) atoms. The molecule has 1 aliphatic heterocycles. The molecule has 1 saturated heterocycles. The van der Waals surface area contributed by atoms with Crippen LogP contribution in [0.2, 0.25) is 0 Å². The predicted molar refractivity (Wildman–Crippen MR) is 79.9 cm³/mol. The lowest BCUT2D eigenvalue weighted by molar-refractivity contribution is -0.0511. The van der Waals surface area contributed by atoms with Crippen molar-refractivity contribution >= 4 is 17.0 Å². The van der Waals surface area contributed by atoms with Crippen molar-refractivity contribution in [3.63, 3.8) is 0 Å². The van der Waals surface area contributed by atoms with Gasteiger partial charge in [-0.3, -0.25) is 4.57 Å². The molecule has 0 spiro atoms. The van der Waals surface area contributed by atoms with E-state index >= 15 is 0 Å². The molecular weight excluding hydrogens is 322 g/mol. The fourth-order valence-corrected chi connectivity index (χ4v) is 2.60. The molecule has 2 aromatic heterocycles. The van der Waals surface area contributed by atoms with E-state index in [1.165, 1.54) is 17.2 Å². The zero-order valence-electron chi connectivity index (χ0n) is 12.6. The Hall–Kier alpha value is -1.89. The molecule has 6 N–H and O–H groups in total. The van der Waals surface area contributed by atoms with Crippen LogP contribution in [0.4, 0.5) is 5.82 Å². The van der Waals surface area contributed by atoms with Crippen molar-refractivity contribution in [2.24, 2.45) is 0 Å². The normalized spacial score (nSPS) is 27.2. The number of hydrogen-bond donors (Lipinski definition) is 6. The van der Waals surface area contributed by atoms with E-state index in [2.05, 4.69) is 20.3 Å². The van der Waals surface area contributed by atoms with Crippen molar-refractivity contribution in [3.8, 4) is 0 Å². The van der Waals surface area contributed by atoms with Crippen LogP contribution in [0.25, 0.3) is 11.2 Å². The number of rotatable bonds is 6. The molecule has 11 heteroatoms. The van der Waals surface area contributed by atoms with E-state index in [1.54, 1.807) is 0 Å². The van der Waals surface area contributed by atoms with Crippen LogP contribution in [0.5, 0.6) is 0 Å². The van der Waals surface area contributed by atoms with Crippen LogP contribution in [0.1, 0.15) is 6.23 Å². The number of nitrogens with zero attached hydrogens (tertiary/aromatic N) is 4. The number of imidazole rings is 1. The average Bonchev–Trinajstić information content (AvgIpc) is 3.15. The third kappa shape index (κ3) is 2.81. The van der Waals surface area contributed by atoms with Crippen LogP contribution >= 0.6 is 0 Å². The van der Waals surface area contributed by atoms with Gasteiger partial charge in [-0.15, -0.1) is 0 Å². The summed E-state index contributed by atoms with van der Waals surface area (Å²) in [4.78, 5) is 12.3. The van der Waals surface area contributed by atoms with E-state index in [1.807, 2.05) is 0 Å². The minimum absolute atomic E-state index is 0.294. The van der Waals surface area contributed by atoms with Crippen molar-refractivity contribution in [3.05, 3.63) is 12.7 Å². The first-order valence-electron chi connectivity index (χ1n) is 7.39. The summed E-state index contributed by atoms with van der Waals surface area (Å²) in [6.45, 7) is -1.02. The molecule has 0 bridgehead atoms. The summed E-state index contributed by atoms with van der Waals surface area (Å²) in [5.74, 6) is 0.304. The topological polar surface area (TPSA) is 166 Å². The van der Waals surface area contributed by atoms with Gasteiger partial charge in [0.15, 0.2) is 23.2 Å². The van der Waals surface area contributed by atoms with Crippen molar-refractivity contribution < 1.29 is 30.3 Å². The molecule has 0 radical (unpaired) electrons. The monoisotopic (exact) mass is 341 g/mol. The van der Waals surface area contributed by atoms with Gasteiger partial charge in [0.1, 0.15) is 24.6 Å². The summed E-state index contributed by atoms with van der Waals surface area (Å²) in [6.07, 6.45) is -1.72. The van der Waals surface area contributed by atoms with E-state index in [4.69, 9.17) is 14.9 Å². The van der Waals surface area contributed by atoms with Gasteiger partial charge in [-0.2, -0.15) is 0 Å². The van der Waals surface area contributed by atoms with E-state index in [0.29, 0.717) is 17.0 Å². The van der Waals surface area contributed by atoms with Gasteiger partial charge in [0.25, 0.3) is 0 Å². The molecule has 0 aliphatic carbocycles. The third-order valence-electron chi connectivity index (χ3n) is 3.93. The second-order valence-corrected chi connectivity index (χ2v) is 5.48. The number of anilines is 1. The highest BCUT2D eigenvalue weighted by atomic mass is 16.6. The van der Waals surface area contributed by atoms with Crippen LogP contribution in [-0.2, 0) is 4.74 Å². The van der Waals surface area contributed by atoms with E-state index in [-0.39, 0.29) is 13.2 Å². The average molecular weight is 341 g/mol. The SMILES string of the molecule is OCC(CO)Nc1ncnc2c1ncn2[C@@H]1O[C@H](CO)[C@@H](O)[C@H]1O. The molecule has 3 heterocycles. The first kappa shape index (κ1) is 17.0. The quantitative estimate of drug-likeness (QED) is 0.323. The molecular formula is C13H19N5O6. The number of ether oxygens (including phenoxy) is 1. The van der Waals surface area contributed by atoms with Gasteiger partial charge in [-0.05, 0) is 0 Å². The van der Waals surface area contributed by atoms with Crippen molar-refractivity contribution in [1.82, 2.24) is 19.5 Å². The second-order valence-electron chi connectivity index (χ2n) is 5.48. The fourth-order valence-electron chi connectivity index (χ4n) is 2.60. The molecule has 0 unspecified atom stereocenters. The van der Waals surface area contributed by atoms with Crippen molar-refractivity contribution in [2.75, 3.05) is 25.1 Å². The number of hydrogen-bond acceptors (Lipinski definition) is 10. The smallest absolute Gasteiger partial charge is 0.167 e. The maximum atomic E-state index is 10.1. The van der Waals surface area contributed by atoms with Crippen LogP contribution in [-0.4, -0.2) is 89.2 Å². The molecule has 11 nitrogen and oxygen atoms in total. The minimum Gasteiger partial charge on any atom is -0.394 e. The van der Waals surface area contributed by atoms with Gasteiger partial charge in [-0.1, -0.05) is 0 Å². The standard InChI is InChI=1S/C13H19N5O6/c19-1-6(2-20)17-11-8-12(15-4-14-11)18(5-16-8)13-10(23)9(22)7(3-21)24-13/h4-7,9-10,13,19-23H,1-3H2,(H,14,15,17)/t7-,9-,10-,13-/m1/s1. The maximum absolute atomic E-state index is 10.1. The Balaban J connectivity index is 1.94. The lowest BCUT2D eigenvalue weighted by Crippen LogP contribution is -2.33. The lowest BCUT2D eigenvalue weighted by atomic mass is 10.1. The van der Waals surface area contributed by atoms with Crippen LogP contribution in [0, 0.1) is 0 Å². The Morgan fingerprint density at radius 3 is 2.50 bits per heavy atom. The Morgan fingerprint density at radius 1 is 1.12 bits per heavy atom. The second kappa shape index (κ2) is 6.93. The Kier molecular flexibility index (Phi) is 4.89. The zero-order valence-corrected chi connectivity index (χ0v) is 12.6. The number of nitrogens with one attached hydrogen (secondary N) is 1. The summed E-state index contributed by atoms with van der Waals surface area (Å²) in [7, 11) is 0. The number of aromatic nitrogens is 4. The largest absolute Gasteiger partial charge is 0.394 e. The van der Waals surface area contributed by atoms with Gasteiger partial charge in [0.05, 0.1) is 32.2 Å². The first-order chi connectivity index (χ1) is 11.6. The van der Waals surface area contributed by atoms with Gasteiger partial charge in [0.2, 0.25) is 0 Å². The van der Waals surface area contributed by atoms with Gasteiger partial charge >= 0.3 is 0 Å². The molecule has 0 amide bonds. The highest BCUT2D eigenvalue weighted by molar-refractivity contribution is 5.82. The highest BCUT2D eigenvalue weighted by Gasteiger charge is 2.44. The summed E-state index contributed by atoms with van der Waals surface area (Å²) in [6, 6.07) is -0.609. The maximum Gasteiger partial charge on any atom is 0.167 e. The molecule has 0 aromatic carbocycles. The first-order valence-corrected chi connectivity index (χ1v) is 7.39. The summed E-state index contributed by atoms with van der Waals surface area (Å²) in [5.41, 5.74) is 0.680. The van der Waals surface area contributed by atoms with Crippen LogP contribution in [0.3, 0.4) is 0 Å². The molecule has 4 atom stereocenters. The Morgan fingerprint density at radius 2 is 1.88 bits per heavy atom. The number of aliphatic hydroxyl groups excluding tert-OH is 5. The minimum atomic E-state index is -1.26. The number of aliphatic hydroxyl groups is 5. The Bertz CT molecular complexity index is 693. The number of fused-ring (bicyclic) bond motifs is 1. The predicted octanol–water partition coefficient (Wildman–Crippen LogP) is -2.80.